The Labute approximate surface area is 112 Å². The summed E-state index contributed by atoms with van der Waals surface area (Å²) in [5, 5.41) is 12.1. The van der Waals surface area contributed by atoms with Crippen LogP contribution in [0.2, 0.25) is 0 Å². The van der Waals surface area contributed by atoms with Crippen molar-refractivity contribution in [2.24, 2.45) is 5.73 Å². The number of nitrogens with zero attached hydrogens (tertiary/aromatic N) is 1. The Morgan fingerprint density at radius 3 is 2.63 bits per heavy atom. The van der Waals surface area contributed by atoms with Crippen LogP contribution < -0.4 is 11.1 Å². The van der Waals surface area contributed by atoms with E-state index in [4.69, 9.17) is 10.8 Å². The minimum absolute atomic E-state index is 0.144. The zero-order chi connectivity index (χ0) is 14.4. The fourth-order valence-electron chi connectivity index (χ4n) is 1.54. The summed E-state index contributed by atoms with van der Waals surface area (Å²) >= 11 is 0. The van der Waals surface area contributed by atoms with Gasteiger partial charge in [0.1, 0.15) is 5.82 Å². The summed E-state index contributed by atoms with van der Waals surface area (Å²) in [6.07, 6.45) is 0.883. The molecule has 6 heteroatoms. The van der Waals surface area contributed by atoms with Gasteiger partial charge in [-0.3, -0.25) is 4.79 Å². The second kappa shape index (κ2) is 6.72. The van der Waals surface area contributed by atoms with Gasteiger partial charge in [0.25, 0.3) is 0 Å². The Morgan fingerprint density at radius 1 is 1.42 bits per heavy atom. The number of carboxylic acids is 1. The molecular formula is C13H19N3O3. The first-order valence-corrected chi connectivity index (χ1v) is 6.17. The highest BCUT2D eigenvalue weighted by molar-refractivity contribution is 5.88. The molecule has 4 N–H and O–H groups in total. The highest BCUT2D eigenvalue weighted by Gasteiger charge is 2.10. The van der Waals surface area contributed by atoms with Crippen molar-refractivity contribution < 1.29 is 14.7 Å². The molecule has 0 bridgehead atoms. The van der Waals surface area contributed by atoms with Gasteiger partial charge in [-0.05, 0) is 24.5 Å². The maximum Gasteiger partial charge on any atom is 0.335 e. The molecule has 1 rings (SSSR count). The van der Waals surface area contributed by atoms with Crippen molar-refractivity contribution in [2.75, 3.05) is 11.9 Å². The number of amides is 1. The van der Waals surface area contributed by atoms with Gasteiger partial charge in [0.05, 0.1) is 5.56 Å². The number of carbonyl (C=O) groups excluding carboxylic acids is 1. The fourth-order valence-corrected chi connectivity index (χ4v) is 1.54. The van der Waals surface area contributed by atoms with Crippen LogP contribution in [0.4, 0.5) is 5.82 Å². The number of primary amides is 1. The predicted octanol–water partition coefficient (Wildman–Crippen LogP) is 1.58. The van der Waals surface area contributed by atoms with Crippen molar-refractivity contribution in [1.82, 2.24) is 4.98 Å². The van der Waals surface area contributed by atoms with Crippen LogP contribution >= 0.6 is 0 Å². The Kier molecular flexibility index (Phi) is 5.29. The van der Waals surface area contributed by atoms with Gasteiger partial charge in [-0.2, -0.15) is 0 Å². The third kappa shape index (κ3) is 4.95. The molecule has 0 aromatic carbocycles. The van der Waals surface area contributed by atoms with Crippen LogP contribution in [0, 0.1) is 0 Å². The zero-order valence-corrected chi connectivity index (χ0v) is 11.1. The van der Waals surface area contributed by atoms with Gasteiger partial charge >= 0.3 is 5.97 Å². The number of rotatable bonds is 7. The van der Waals surface area contributed by atoms with Gasteiger partial charge in [-0.25, -0.2) is 9.78 Å². The van der Waals surface area contributed by atoms with Crippen LogP contribution in [0.25, 0.3) is 0 Å². The largest absolute Gasteiger partial charge is 0.478 e. The lowest BCUT2D eigenvalue weighted by atomic mass is 10.1. The van der Waals surface area contributed by atoms with Gasteiger partial charge in [0.2, 0.25) is 5.91 Å². The van der Waals surface area contributed by atoms with E-state index in [2.05, 4.69) is 10.3 Å². The lowest BCUT2D eigenvalue weighted by Gasteiger charge is -2.10. The Bertz CT molecular complexity index is 472. The number of nitrogens with two attached hydrogens (primary N) is 1. The second-order valence-corrected chi connectivity index (χ2v) is 4.62. The number of anilines is 1. The second-order valence-electron chi connectivity index (χ2n) is 4.62. The van der Waals surface area contributed by atoms with Gasteiger partial charge in [0, 0.05) is 18.7 Å². The van der Waals surface area contributed by atoms with Crippen LogP contribution in [0.15, 0.2) is 12.1 Å². The number of pyridine rings is 1. The van der Waals surface area contributed by atoms with Crippen molar-refractivity contribution in [1.29, 1.82) is 0 Å². The molecule has 0 unspecified atom stereocenters. The summed E-state index contributed by atoms with van der Waals surface area (Å²) in [5.41, 5.74) is 5.96. The smallest absolute Gasteiger partial charge is 0.335 e. The van der Waals surface area contributed by atoms with Crippen LogP contribution in [0.1, 0.15) is 48.7 Å². The van der Waals surface area contributed by atoms with Crippen molar-refractivity contribution in [3.63, 3.8) is 0 Å². The average Bonchev–Trinajstić information content (AvgIpc) is 2.34. The van der Waals surface area contributed by atoms with Crippen molar-refractivity contribution in [3.05, 3.63) is 23.4 Å². The first-order valence-electron chi connectivity index (χ1n) is 6.17. The monoisotopic (exact) mass is 265 g/mol. The van der Waals surface area contributed by atoms with Crippen LogP contribution in [0.5, 0.6) is 0 Å². The molecule has 0 saturated heterocycles. The topological polar surface area (TPSA) is 105 Å². The van der Waals surface area contributed by atoms with E-state index in [-0.39, 0.29) is 17.4 Å². The third-order valence-corrected chi connectivity index (χ3v) is 2.59. The number of nitrogens with one attached hydrogen (secondary N) is 1. The van der Waals surface area contributed by atoms with Crippen molar-refractivity contribution >= 4 is 17.7 Å². The minimum Gasteiger partial charge on any atom is -0.478 e. The molecule has 0 fully saturated rings. The molecule has 19 heavy (non-hydrogen) atoms. The number of hydrogen-bond donors (Lipinski definition) is 3. The molecule has 0 aliphatic carbocycles. The quantitative estimate of drug-likeness (QED) is 0.649. The molecule has 0 atom stereocenters. The third-order valence-electron chi connectivity index (χ3n) is 2.59. The molecule has 1 amide bonds. The highest BCUT2D eigenvalue weighted by atomic mass is 16.4. The number of aromatic nitrogens is 1. The number of aromatic carboxylic acids is 1. The van der Waals surface area contributed by atoms with Crippen LogP contribution in [-0.4, -0.2) is 28.5 Å². The molecular weight excluding hydrogens is 246 g/mol. The van der Waals surface area contributed by atoms with Gasteiger partial charge < -0.3 is 16.2 Å². The van der Waals surface area contributed by atoms with Gasteiger partial charge in [-0.1, -0.05) is 13.8 Å². The van der Waals surface area contributed by atoms with Crippen LogP contribution in [0.3, 0.4) is 0 Å². The highest BCUT2D eigenvalue weighted by Crippen LogP contribution is 2.17. The first kappa shape index (κ1) is 14.9. The van der Waals surface area contributed by atoms with E-state index >= 15 is 0 Å². The lowest BCUT2D eigenvalue weighted by molar-refractivity contribution is -0.118. The molecule has 0 saturated carbocycles. The van der Waals surface area contributed by atoms with Gasteiger partial charge in [0.15, 0.2) is 0 Å². The van der Waals surface area contributed by atoms with E-state index in [0.29, 0.717) is 25.2 Å². The van der Waals surface area contributed by atoms with Crippen molar-refractivity contribution in [3.8, 4) is 0 Å². The van der Waals surface area contributed by atoms with Crippen LogP contribution in [-0.2, 0) is 4.79 Å². The van der Waals surface area contributed by atoms with E-state index in [0.717, 1.165) is 5.69 Å². The van der Waals surface area contributed by atoms with E-state index in [1.807, 2.05) is 13.8 Å². The standard InChI is InChI=1S/C13H19N3O3/c1-8(2)10-6-9(13(18)19)7-12(16-10)15-5-3-4-11(14)17/h6-8H,3-5H2,1-2H3,(H2,14,17)(H,15,16)(H,18,19). The molecule has 1 aromatic heterocycles. The molecule has 1 aromatic rings. The Hall–Kier alpha value is -2.11. The average molecular weight is 265 g/mol. The van der Waals surface area contributed by atoms with Gasteiger partial charge in [-0.15, -0.1) is 0 Å². The molecule has 0 spiro atoms. The summed E-state index contributed by atoms with van der Waals surface area (Å²) in [4.78, 5) is 26.0. The summed E-state index contributed by atoms with van der Waals surface area (Å²) < 4.78 is 0. The Morgan fingerprint density at radius 2 is 2.11 bits per heavy atom. The van der Waals surface area contributed by atoms with E-state index in [1.54, 1.807) is 6.07 Å². The van der Waals surface area contributed by atoms with Crippen molar-refractivity contribution in [2.45, 2.75) is 32.6 Å². The summed E-state index contributed by atoms with van der Waals surface area (Å²) in [7, 11) is 0. The summed E-state index contributed by atoms with van der Waals surface area (Å²) in [6, 6.07) is 3.06. The summed E-state index contributed by atoms with van der Waals surface area (Å²) in [5.74, 6) is -0.681. The Balaban J connectivity index is 2.76. The molecule has 0 radical (unpaired) electrons. The number of carboxylic acid groups (broad SMARTS) is 1. The first-order chi connectivity index (χ1) is 8.90. The predicted molar refractivity (Wildman–Crippen MR) is 72.2 cm³/mol. The van der Waals surface area contributed by atoms with E-state index in [1.165, 1.54) is 6.07 Å². The van der Waals surface area contributed by atoms with E-state index < -0.39 is 5.97 Å². The maximum absolute atomic E-state index is 11.0. The lowest BCUT2D eigenvalue weighted by Crippen LogP contribution is -2.13. The number of carbonyl (C=O) groups is 2. The number of hydrogen-bond acceptors (Lipinski definition) is 4. The minimum atomic E-state index is -0.982. The molecule has 0 aliphatic heterocycles. The normalized spacial score (nSPS) is 10.5. The fraction of sp³-hybridized carbons (Fsp3) is 0.462. The van der Waals surface area contributed by atoms with E-state index in [9.17, 15) is 9.59 Å². The SMILES string of the molecule is CC(C)c1cc(C(=O)O)cc(NCCCC(N)=O)n1. The molecule has 6 nitrogen and oxygen atoms in total. The summed E-state index contributed by atoms with van der Waals surface area (Å²) in [6.45, 7) is 4.42. The molecule has 1 heterocycles. The molecule has 104 valence electrons. The zero-order valence-electron chi connectivity index (χ0n) is 11.1. The maximum atomic E-state index is 11.0. The molecule has 0 aliphatic rings.